The minimum Gasteiger partial charge on any atom is -0.305 e. The Labute approximate surface area is 296 Å². The number of hydrogen-bond acceptors (Lipinski definition) is 2. The molecule has 247 valence electrons. The number of halogens is 1. The molecule has 1 radical (unpaired) electrons. The largest absolute Gasteiger partial charge is 0.305 e. The maximum Gasteiger partial charge on any atom is 0.0798 e. The van der Waals surface area contributed by atoms with Crippen LogP contribution in [0.4, 0.5) is 4.39 Å². The van der Waals surface area contributed by atoms with Gasteiger partial charge in [0, 0.05) is 38.3 Å². The summed E-state index contributed by atoms with van der Waals surface area (Å²) in [5.41, 5.74) is 11.1. The van der Waals surface area contributed by atoms with Crippen molar-refractivity contribution >= 4 is 13.3 Å². The minimum atomic E-state index is -1.49. The van der Waals surface area contributed by atoms with Crippen LogP contribution in [-0.2, 0) is 45.8 Å². The van der Waals surface area contributed by atoms with Crippen LogP contribution in [0.25, 0.3) is 22.5 Å². The molecule has 3 aromatic carbocycles. The quantitative estimate of drug-likeness (QED) is 0.126. The molecule has 0 unspecified atom stereocenters. The molecule has 0 saturated carbocycles. The fraction of sp³-hybridized carbons (Fsp3) is 0.333. The third-order valence-electron chi connectivity index (χ3n) is 8.56. The van der Waals surface area contributed by atoms with Crippen LogP contribution < -0.4 is 5.19 Å². The van der Waals surface area contributed by atoms with Crippen molar-refractivity contribution in [3.63, 3.8) is 0 Å². The molecular formula is C42H47FIrN2Si-2. The van der Waals surface area contributed by atoms with E-state index in [-0.39, 0.29) is 31.3 Å². The van der Waals surface area contributed by atoms with Gasteiger partial charge in [-0.3, -0.25) is 4.39 Å². The summed E-state index contributed by atoms with van der Waals surface area (Å²) in [6.45, 7) is 15.5. The van der Waals surface area contributed by atoms with Crippen molar-refractivity contribution in [3.05, 3.63) is 137 Å². The average Bonchev–Trinajstić information content (AvgIpc) is 3.02. The molecule has 2 aromatic heterocycles. The van der Waals surface area contributed by atoms with Crippen molar-refractivity contribution in [2.24, 2.45) is 5.41 Å². The van der Waals surface area contributed by atoms with Crippen LogP contribution in [0.2, 0.25) is 19.6 Å². The third kappa shape index (κ3) is 9.66. The summed E-state index contributed by atoms with van der Waals surface area (Å²) in [7, 11) is -1.49. The third-order valence-corrected chi connectivity index (χ3v) is 10.6. The fourth-order valence-electron chi connectivity index (χ4n) is 6.29. The van der Waals surface area contributed by atoms with Crippen molar-refractivity contribution in [2.75, 3.05) is 0 Å². The van der Waals surface area contributed by atoms with Gasteiger partial charge in [0.1, 0.15) is 0 Å². The number of benzene rings is 3. The van der Waals surface area contributed by atoms with Gasteiger partial charge in [0.2, 0.25) is 0 Å². The first-order valence-corrected chi connectivity index (χ1v) is 20.1. The maximum absolute atomic E-state index is 14.4. The van der Waals surface area contributed by atoms with Gasteiger partial charge in [-0.05, 0) is 58.4 Å². The Bertz CT molecular complexity index is 1790. The van der Waals surface area contributed by atoms with Crippen molar-refractivity contribution in [3.8, 4) is 22.5 Å². The predicted molar refractivity (Wildman–Crippen MR) is 194 cm³/mol. The van der Waals surface area contributed by atoms with Gasteiger partial charge in [0.15, 0.2) is 0 Å². The SMILES string of the molecule is Cc1cc[c-]c(-c2cc(CC(C)(C)C)c([Si](C)(C)C)cn2)c1F.[Ir].[c-]1ccc2c(c1-c1cc(Cc3ccccc3)ccn1)CCCC2. The number of nitrogens with zero attached hydrogens (tertiary/aromatic N) is 2. The molecule has 0 saturated heterocycles. The Morgan fingerprint density at radius 2 is 1.49 bits per heavy atom. The first-order valence-electron chi connectivity index (χ1n) is 16.6. The number of pyridine rings is 2. The van der Waals surface area contributed by atoms with E-state index in [9.17, 15) is 4.39 Å². The Hall–Kier alpha value is -3.24. The van der Waals surface area contributed by atoms with Crippen LogP contribution in [0, 0.1) is 30.3 Å². The van der Waals surface area contributed by atoms with E-state index < -0.39 is 8.07 Å². The summed E-state index contributed by atoms with van der Waals surface area (Å²) >= 11 is 0. The normalized spacial score (nSPS) is 12.8. The van der Waals surface area contributed by atoms with Crippen LogP contribution in [0.1, 0.15) is 67.0 Å². The van der Waals surface area contributed by atoms with E-state index in [1.54, 1.807) is 19.1 Å². The summed E-state index contributed by atoms with van der Waals surface area (Å²) in [6, 6.07) is 31.3. The zero-order valence-corrected chi connectivity index (χ0v) is 32.3. The zero-order chi connectivity index (χ0) is 32.9. The number of aryl methyl sites for hydroxylation is 2. The molecular weight excluding hydrogens is 772 g/mol. The van der Waals surface area contributed by atoms with Crippen molar-refractivity contribution < 1.29 is 24.5 Å². The van der Waals surface area contributed by atoms with Gasteiger partial charge in [0.25, 0.3) is 0 Å². The molecule has 1 aliphatic carbocycles. The van der Waals surface area contributed by atoms with E-state index >= 15 is 0 Å². The molecule has 0 spiro atoms. The van der Waals surface area contributed by atoms with Gasteiger partial charge in [-0.15, -0.1) is 53.1 Å². The molecule has 1 aliphatic rings. The first kappa shape index (κ1) is 36.6. The molecule has 0 N–H and O–H groups in total. The molecule has 5 aromatic rings. The first-order chi connectivity index (χ1) is 21.9. The molecule has 2 nitrogen and oxygen atoms in total. The van der Waals surface area contributed by atoms with Gasteiger partial charge in [-0.25, -0.2) is 0 Å². The molecule has 47 heavy (non-hydrogen) atoms. The number of fused-ring (bicyclic) bond motifs is 1. The van der Waals surface area contributed by atoms with Crippen LogP contribution in [0.5, 0.6) is 0 Å². The van der Waals surface area contributed by atoms with Crippen molar-refractivity contribution in [1.29, 1.82) is 0 Å². The van der Waals surface area contributed by atoms with Gasteiger partial charge in [-0.1, -0.05) is 126 Å². The van der Waals surface area contributed by atoms with E-state index in [1.807, 2.05) is 12.4 Å². The second-order valence-corrected chi connectivity index (χ2v) is 19.9. The summed E-state index contributed by atoms with van der Waals surface area (Å²) in [6.07, 6.45) is 10.8. The molecule has 0 bridgehead atoms. The summed E-state index contributed by atoms with van der Waals surface area (Å²) in [5.74, 6) is -0.220. The standard InChI is InChI=1S/C22H20N.C20H27FNSi.Ir/c1-2-7-17(8-3-1)15-18-13-14-23-22(16-18)21-12-6-10-19-9-4-5-11-20(19)21;1-14-9-8-10-16(19(14)21)17-11-15(12-20(2,3)4)18(13-22-17)23(5,6)7;/h1-3,6-8,10,13-14,16H,4-5,9,11,15H2;8-9,11,13H,12H2,1-7H3;/q2*-1;. The van der Waals surface area contributed by atoms with Gasteiger partial charge >= 0.3 is 0 Å². The van der Waals surface area contributed by atoms with E-state index in [2.05, 4.69) is 123 Å². The maximum atomic E-state index is 14.4. The predicted octanol–water partition coefficient (Wildman–Crippen LogP) is 10.1. The minimum absolute atomic E-state index is 0. The van der Waals surface area contributed by atoms with Crippen LogP contribution in [0.3, 0.4) is 0 Å². The number of hydrogen-bond donors (Lipinski definition) is 0. The number of aromatic nitrogens is 2. The summed E-state index contributed by atoms with van der Waals surface area (Å²) in [4.78, 5) is 9.20. The molecule has 2 heterocycles. The van der Waals surface area contributed by atoms with Crippen molar-refractivity contribution in [1.82, 2.24) is 9.97 Å². The van der Waals surface area contributed by atoms with Crippen molar-refractivity contribution in [2.45, 2.75) is 85.9 Å². The van der Waals surface area contributed by atoms with E-state index in [1.165, 1.54) is 57.8 Å². The van der Waals surface area contributed by atoms with Gasteiger partial charge < -0.3 is 9.97 Å². The Balaban J connectivity index is 0.000000208. The van der Waals surface area contributed by atoms with Crippen LogP contribution in [-0.4, -0.2) is 18.0 Å². The fourth-order valence-corrected chi connectivity index (χ4v) is 7.86. The Morgan fingerprint density at radius 1 is 0.809 bits per heavy atom. The Morgan fingerprint density at radius 3 is 2.21 bits per heavy atom. The molecule has 0 amide bonds. The van der Waals surface area contributed by atoms with Gasteiger partial charge in [-0.2, -0.15) is 0 Å². The molecule has 0 aliphatic heterocycles. The van der Waals surface area contributed by atoms with E-state index in [4.69, 9.17) is 0 Å². The molecule has 5 heteroatoms. The number of rotatable bonds is 6. The monoisotopic (exact) mass is 819 g/mol. The van der Waals surface area contributed by atoms with Crippen LogP contribution in [0.15, 0.2) is 85.2 Å². The zero-order valence-electron chi connectivity index (χ0n) is 28.9. The second kappa shape index (κ2) is 15.8. The van der Waals surface area contributed by atoms with Gasteiger partial charge in [0.05, 0.1) is 8.07 Å². The summed E-state index contributed by atoms with van der Waals surface area (Å²) in [5, 5.41) is 1.37. The second-order valence-electron chi connectivity index (χ2n) is 14.8. The Kier molecular flexibility index (Phi) is 12.3. The topological polar surface area (TPSA) is 25.8 Å². The smallest absolute Gasteiger partial charge is 0.0798 e. The summed E-state index contributed by atoms with van der Waals surface area (Å²) < 4.78 is 14.4. The molecule has 0 fully saturated rings. The van der Waals surface area contributed by atoms with E-state index in [0.29, 0.717) is 16.8 Å². The average molecular weight is 819 g/mol. The van der Waals surface area contributed by atoms with Crippen LogP contribution >= 0.6 is 0 Å². The molecule has 6 rings (SSSR count). The molecule has 0 atom stereocenters. The van der Waals surface area contributed by atoms with E-state index in [0.717, 1.165) is 25.0 Å².